The van der Waals surface area contributed by atoms with E-state index in [9.17, 15) is 27.6 Å². The topological polar surface area (TPSA) is 69.7 Å². The van der Waals surface area contributed by atoms with Crippen molar-refractivity contribution in [3.05, 3.63) is 59.7 Å². The Morgan fingerprint density at radius 1 is 1.03 bits per heavy atom. The van der Waals surface area contributed by atoms with Crippen molar-refractivity contribution < 1.29 is 27.6 Å². The Labute approximate surface area is 185 Å². The van der Waals surface area contributed by atoms with Gasteiger partial charge < -0.3 is 4.90 Å². The lowest BCUT2D eigenvalue weighted by molar-refractivity contribution is -0.144. The van der Waals surface area contributed by atoms with Gasteiger partial charge in [0.2, 0.25) is 5.91 Å². The fourth-order valence-electron chi connectivity index (χ4n) is 4.80. The van der Waals surface area contributed by atoms with Gasteiger partial charge in [-0.05, 0) is 42.3 Å². The van der Waals surface area contributed by atoms with Crippen molar-refractivity contribution in [3.8, 4) is 0 Å². The smallest absolute Gasteiger partial charge is 0.365 e. The van der Waals surface area contributed by atoms with Gasteiger partial charge in [-0.2, -0.15) is 24.9 Å². The summed E-state index contributed by atoms with van der Waals surface area (Å²) in [7, 11) is 0. The first-order valence-electron chi connectivity index (χ1n) is 10.0. The zero-order valence-electron chi connectivity index (χ0n) is 16.7. The predicted molar refractivity (Wildman–Crippen MR) is 114 cm³/mol. The number of thioether (sulfide) groups is 1. The minimum atomic E-state index is -4.54. The van der Waals surface area contributed by atoms with E-state index in [2.05, 4.69) is 5.32 Å². The summed E-state index contributed by atoms with van der Waals surface area (Å²) >= 11 is 1.63. The quantitative estimate of drug-likeness (QED) is 0.659. The summed E-state index contributed by atoms with van der Waals surface area (Å²) in [6.45, 7) is 0.642. The monoisotopic (exact) mass is 461 g/mol. The molecule has 0 unspecified atom stereocenters. The van der Waals surface area contributed by atoms with Crippen LogP contribution in [0.2, 0.25) is 0 Å². The molecule has 6 nitrogen and oxygen atoms in total. The number of carbonyl (C=O) groups excluding carboxylic acids is 3. The summed E-state index contributed by atoms with van der Waals surface area (Å²) in [4.78, 5) is 42.6. The normalized spacial score (nSPS) is 25.5. The molecule has 0 aliphatic carbocycles. The van der Waals surface area contributed by atoms with Crippen molar-refractivity contribution >= 4 is 41.0 Å². The molecule has 10 heteroatoms. The van der Waals surface area contributed by atoms with Gasteiger partial charge in [-0.25, -0.2) is 9.69 Å². The molecule has 2 aromatic rings. The van der Waals surface area contributed by atoms with Crippen LogP contribution in [0.3, 0.4) is 0 Å². The molecule has 0 radical (unpaired) electrons. The van der Waals surface area contributed by atoms with Gasteiger partial charge in [0.05, 0.1) is 17.3 Å². The second-order valence-corrected chi connectivity index (χ2v) is 9.16. The lowest BCUT2D eigenvalue weighted by atomic mass is 9.69. The number of halogens is 3. The van der Waals surface area contributed by atoms with Gasteiger partial charge in [0.1, 0.15) is 0 Å². The third kappa shape index (κ3) is 3.00. The number of amides is 4. The van der Waals surface area contributed by atoms with Crippen LogP contribution in [0.4, 0.5) is 29.3 Å². The Morgan fingerprint density at radius 2 is 1.75 bits per heavy atom. The van der Waals surface area contributed by atoms with Crippen molar-refractivity contribution in [1.82, 2.24) is 5.32 Å². The average molecular weight is 461 g/mol. The molecule has 3 aliphatic rings. The summed E-state index contributed by atoms with van der Waals surface area (Å²) in [5.41, 5.74) is -0.680. The second kappa shape index (κ2) is 7.26. The van der Waals surface area contributed by atoms with Gasteiger partial charge in [-0.15, -0.1) is 0 Å². The van der Waals surface area contributed by atoms with E-state index in [1.165, 1.54) is 0 Å². The molecule has 3 heterocycles. The van der Waals surface area contributed by atoms with Crippen molar-refractivity contribution in [2.75, 3.05) is 27.9 Å². The Morgan fingerprint density at radius 3 is 2.47 bits per heavy atom. The molecule has 2 aromatic carbocycles. The molecule has 1 N–H and O–H groups in total. The van der Waals surface area contributed by atoms with Crippen LogP contribution in [0.5, 0.6) is 0 Å². The number of rotatable bonds is 1. The number of urea groups is 1. The molecule has 1 spiro atoms. The van der Waals surface area contributed by atoms with E-state index in [1.54, 1.807) is 11.8 Å². The molecule has 0 saturated carbocycles. The van der Waals surface area contributed by atoms with Gasteiger partial charge >= 0.3 is 12.2 Å². The average Bonchev–Trinajstić information content (AvgIpc) is 2.77. The predicted octanol–water partition coefficient (Wildman–Crippen LogP) is 3.45. The second-order valence-electron chi connectivity index (χ2n) is 8.01. The number of imide groups is 2. The van der Waals surface area contributed by atoms with Crippen LogP contribution < -0.4 is 15.1 Å². The molecule has 2 saturated heterocycles. The van der Waals surface area contributed by atoms with Gasteiger partial charge in [0.25, 0.3) is 5.91 Å². The number of carbonyl (C=O) groups is 3. The number of hydrogen-bond donors (Lipinski definition) is 1. The highest BCUT2D eigenvalue weighted by Gasteiger charge is 2.62. The third-order valence-electron chi connectivity index (χ3n) is 6.33. The number of barbiturate groups is 1. The van der Waals surface area contributed by atoms with E-state index in [4.69, 9.17) is 0 Å². The number of para-hydroxylation sites is 1. The Balaban J connectivity index is 1.60. The molecular weight excluding hydrogens is 443 g/mol. The maximum atomic E-state index is 13.9. The number of benzene rings is 2. The minimum Gasteiger partial charge on any atom is -0.365 e. The first kappa shape index (κ1) is 20.9. The largest absolute Gasteiger partial charge is 0.416 e. The molecular formula is C22H18F3N3O3S. The van der Waals surface area contributed by atoms with E-state index in [0.29, 0.717) is 12.3 Å². The van der Waals surface area contributed by atoms with Crippen molar-refractivity contribution in [2.45, 2.75) is 18.6 Å². The molecule has 4 amide bonds. The molecule has 5 rings (SSSR count). The van der Waals surface area contributed by atoms with Crippen molar-refractivity contribution in [2.24, 2.45) is 5.41 Å². The van der Waals surface area contributed by atoms with E-state index >= 15 is 0 Å². The van der Waals surface area contributed by atoms with Crippen LogP contribution in [0.25, 0.3) is 0 Å². The fourth-order valence-corrected chi connectivity index (χ4v) is 5.98. The number of hydrogen-bond acceptors (Lipinski definition) is 5. The van der Waals surface area contributed by atoms with E-state index in [-0.39, 0.29) is 12.1 Å². The summed E-state index contributed by atoms with van der Waals surface area (Å²) in [6, 6.07) is 9.89. The maximum Gasteiger partial charge on any atom is 0.416 e. The number of nitrogens with one attached hydrogen (secondary N) is 1. The third-order valence-corrected chi connectivity index (χ3v) is 7.36. The van der Waals surface area contributed by atoms with E-state index in [0.717, 1.165) is 46.2 Å². The minimum absolute atomic E-state index is 0.0127. The van der Waals surface area contributed by atoms with Crippen molar-refractivity contribution in [3.63, 3.8) is 0 Å². The van der Waals surface area contributed by atoms with Gasteiger partial charge in [0, 0.05) is 23.7 Å². The van der Waals surface area contributed by atoms with Crippen LogP contribution in [-0.4, -0.2) is 41.9 Å². The fraction of sp³-hybridized carbons (Fsp3) is 0.318. The summed E-state index contributed by atoms with van der Waals surface area (Å²) in [6.07, 6.45) is -4.43. The lowest BCUT2D eigenvalue weighted by Crippen LogP contribution is -2.73. The number of alkyl halides is 3. The zero-order valence-corrected chi connectivity index (χ0v) is 17.5. The number of anilines is 2. The van der Waals surface area contributed by atoms with Crippen LogP contribution in [0, 0.1) is 5.41 Å². The van der Waals surface area contributed by atoms with Crippen LogP contribution >= 0.6 is 11.8 Å². The molecule has 3 aliphatic heterocycles. The highest BCUT2D eigenvalue weighted by atomic mass is 32.2. The number of fused-ring (bicyclic) bond motifs is 4. The molecule has 166 valence electrons. The lowest BCUT2D eigenvalue weighted by Gasteiger charge is -2.53. The van der Waals surface area contributed by atoms with Crippen LogP contribution in [0.1, 0.15) is 11.1 Å². The molecule has 2 fully saturated rings. The van der Waals surface area contributed by atoms with Crippen LogP contribution in [-0.2, 0) is 22.2 Å². The van der Waals surface area contributed by atoms with Gasteiger partial charge in [-0.1, -0.05) is 18.2 Å². The van der Waals surface area contributed by atoms with E-state index < -0.39 is 41.0 Å². The van der Waals surface area contributed by atoms with Gasteiger partial charge in [-0.3, -0.25) is 14.9 Å². The molecule has 0 aromatic heterocycles. The zero-order chi connectivity index (χ0) is 22.7. The first-order chi connectivity index (χ1) is 15.2. The van der Waals surface area contributed by atoms with Crippen LogP contribution in [0.15, 0.2) is 48.5 Å². The Kier molecular flexibility index (Phi) is 4.74. The molecule has 0 bridgehead atoms. The highest BCUT2D eigenvalue weighted by Crippen LogP contribution is 2.47. The molecule has 32 heavy (non-hydrogen) atoms. The van der Waals surface area contributed by atoms with Crippen molar-refractivity contribution in [1.29, 1.82) is 0 Å². The van der Waals surface area contributed by atoms with Gasteiger partial charge in [0.15, 0.2) is 5.41 Å². The maximum absolute atomic E-state index is 13.9. The summed E-state index contributed by atoms with van der Waals surface area (Å²) in [5.74, 6) is -0.0263. The van der Waals surface area contributed by atoms with E-state index in [1.807, 2.05) is 29.2 Å². The Hall–Kier alpha value is -3.01. The standard InChI is InChI=1S/C22H18F3N3O3S/c23-22(24,25)14-5-7-15(8-6-14)28-19(30)21(18(29)26-20(28)31)11-13-3-1-2-4-16(13)27-9-10-32-12-17(21)27/h1-8,17H,9-12H2,(H,26,29,31)/t17-,21+/m0/s1. The highest BCUT2D eigenvalue weighted by molar-refractivity contribution is 7.99. The SMILES string of the molecule is O=C1NC(=O)[C@]2(Cc3ccccc3N3CCSC[C@H]32)C(=O)N1c1ccc(C(F)(F)F)cc1. The number of nitrogens with zero attached hydrogens (tertiary/aromatic N) is 2. The Bertz CT molecular complexity index is 1120. The first-order valence-corrected chi connectivity index (χ1v) is 11.2. The summed E-state index contributed by atoms with van der Waals surface area (Å²) in [5, 5.41) is 2.30. The summed E-state index contributed by atoms with van der Waals surface area (Å²) < 4.78 is 38.9. The molecule has 2 atom stereocenters.